The molecule has 19 heavy (non-hydrogen) atoms. The lowest BCUT2D eigenvalue weighted by Gasteiger charge is -2.15. The monoisotopic (exact) mass is 264 g/mol. The van der Waals surface area contributed by atoms with Crippen molar-refractivity contribution in [2.75, 3.05) is 17.7 Å². The van der Waals surface area contributed by atoms with Gasteiger partial charge in [-0.1, -0.05) is 6.92 Å². The SMILES string of the molecule is CCC(=O)c1cc(OC)cc(NC(C)=O)c1NC=O. The van der Waals surface area contributed by atoms with Crippen molar-refractivity contribution in [3.63, 3.8) is 0 Å². The van der Waals surface area contributed by atoms with Gasteiger partial charge in [-0.3, -0.25) is 14.4 Å². The second-order valence-corrected chi connectivity index (χ2v) is 3.82. The van der Waals surface area contributed by atoms with Gasteiger partial charge in [0.2, 0.25) is 12.3 Å². The van der Waals surface area contributed by atoms with E-state index >= 15 is 0 Å². The van der Waals surface area contributed by atoms with Crippen molar-refractivity contribution >= 4 is 29.5 Å². The van der Waals surface area contributed by atoms with Gasteiger partial charge in [-0.2, -0.15) is 0 Å². The summed E-state index contributed by atoms with van der Waals surface area (Å²) in [5, 5.41) is 5.00. The van der Waals surface area contributed by atoms with Gasteiger partial charge in [0.25, 0.3) is 0 Å². The highest BCUT2D eigenvalue weighted by Crippen LogP contribution is 2.32. The summed E-state index contributed by atoms with van der Waals surface area (Å²) >= 11 is 0. The van der Waals surface area contributed by atoms with Crippen molar-refractivity contribution < 1.29 is 19.1 Å². The Labute approximate surface area is 111 Å². The van der Waals surface area contributed by atoms with E-state index in [-0.39, 0.29) is 23.8 Å². The molecule has 1 aromatic carbocycles. The number of hydrogen-bond donors (Lipinski definition) is 2. The molecule has 0 aliphatic carbocycles. The van der Waals surface area contributed by atoms with Gasteiger partial charge in [0.15, 0.2) is 5.78 Å². The third-order valence-electron chi connectivity index (χ3n) is 2.48. The van der Waals surface area contributed by atoms with Crippen LogP contribution < -0.4 is 15.4 Å². The maximum Gasteiger partial charge on any atom is 0.221 e. The van der Waals surface area contributed by atoms with Gasteiger partial charge >= 0.3 is 0 Å². The van der Waals surface area contributed by atoms with Gasteiger partial charge in [-0.25, -0.2) is 0 Å². The average molecular weight is 264 g/mol. The predicted molar refractivity (Wildman–Crippen MR) is 71.6 cm³/mol. The Morgan fingerprint density at radius 3 is 2.53 bits per heavy atom. The van der Waals surface area contributed by atoms with Crippen molar-refractivity contribution in [1.82, 2.24) is 0 Å². The number of ether oxygens (including phenoxy) is 1. The lowest BCUT2D eigenvalue weighted by molar-refractivity contribution is -0.114. The largest absolute Gasteiger partial charge is 0.497 e. The zero-order valence-electron chi connectivity index (χ0n) is 11.1. The quantitative estimate of drug-likeness (QED) is 0.606. The highest BCUT2D eigenvalue weighted by atomic mass is 16.5. The molecule has 0 aromatic heterocycles. The average Bonchev–Trinajstić information content (AvgIpc) is 2.39. The highest BCUT2D eigenvalue weighted by molar-refractivity contribution is 6.08. The first-order valence-electron chi connectivity index (χ1n) is 5.76. The minimum absolute atomic E-state index is 0.158. The van der Waals surface area contributed by atoms with Gasteiger partial charge in [-0.05, 0) is 6.07 Å². The Morgan fingerprint density at radius 2 is 2.05 bits per heavy atom. The molecule has 0 bridgehead atoms. The van der Waals surface area contributed by atoms with Crippen LogP contribution in [0.5, 0.6) is 5.75 Å². The van der Waals surface area contributed by atoms with Crippen molar-refractivity contribution in [2.24, 2.45) is 0 Å². The highest BCUT2D eigenvalue weighted by Gasteiger charge is 2.16. The van der Waals surface area contributed by atoms with Crippen LogP contribution in [0.1, 0.15) is 30.6 Å². The summed E-state index contributed by atoms with van der Waals surface area (Å²) in [4.78, 5) is 33.7. The zero-order valence-corrected chi connectivity index (χ0v) is 11.1. The lowest BCUT2D eigenvalue weighted by Crippen LogP contribution is -2.12. The summed E-state index contributed by atoms with van der Waals surface area (Å²) in [7, 11) is 1.46. The molecule has 0 spiro atoms. The Balaban J connectivity index is 3.44. The molecule has 0 radical (unpaired) electrons. The van der Waals surface area contributed by atoms with Crippen molar-refractivity contribution in [1.29, 1.82) is 0 Å². The van der Waals surface area contributed by atoms with E-state index in [9.17, 15) is 14.4 Å². The van der Waals surface area contributed by atoms with Gasteiger partial charge in [0, 0.05) is 25.0 Å². The number of rotatable bonds is 6. The molecule has 0 heterocycles. The molecule has 102 valence electrons. The van der Waals surface area contributed by atoms with Gasteiger partial charge in [0.1, 0.15) is 5.75 Å². The minimum atomic E-state index is -0.308. The summed E-state index contributed by atoms with van der Waals surface area (Å²) in [6.07, 6.45) is 0.736. The molecule has 0 unspecified atom stereocenters. The molecule has 2 N–H and O–H groups in total. The number of anilines is 2. The van der Waals surface area contributed by atoms with Crippen LogP contribution in [0.25, 0.3) is 0 Å². The van der Waals surface area contributed by atoms with Gasteiger partial charge in [-0.15, -0.1) is 0 Å². The number of carbonyl (C=O) groups excluding carboxylic acids is 3. The van der Waals surface area contributed by atoms with Crippen LogP contribution in [0.15, 0.2) is 12.1 Å². The molecule has 1 aromatic rings. The number of methoxy groups -OCH3 is 1. The van der Waals surface area contributed by atoms with Crippen LogP contribution in [-0.2, 0) is 9.59 Å². The van der Waals surface area contributed by atoms with Gasteiger partial charge < -0.3 is 15.4 Å². The molecule has 0 saturated carbocycles. The lowest BCUT2D eigenvalue weighted by atomic mass is 10.0. The molecule has 6 nitrogen and oxygen atoms in total. The molecule has 0 aliphatic rings. The second-order valence-electron chi connectivity index (χ2n) is 3.82. The molecule has 2 amide bonds. The third-order valence-corrected chi connectivity index (χ3v) is 2.48. The normalized spacial score (nSPS) is 9.63. The van der Waals surface area contributed by atoms with Crippen molar-refractivity contribution in [3.05, 3.63) is 17.7 Å². The topological polar surface area (TPSA) is 84.5 Å². The van der Waals surface area contributed by atoms with E-state index in [1.54, 1.807) is 13.0 Å². The number of Topliss-reactive ketones (excluding diaryl/α,β-unsaturated/α-hetero) is 1. The summed E-state index contributed by atoms with van der Waals surface area (Å²) in [5.41, 5.74) is 0.909. The number of carbonyl (C=O) groups is 3. The molecule has 0 aliphatic heterocycles. The maximum atomic E-state index is 11.9. The number of hydrogen-bond acceptors (Lipinski definition) is 4. The Hall–Kier alpha value is -2.37. The van der Waals surface area contributed by atoms with E-state index in [0.717, 1.165) is 0 Å². The van der Waals surface area contributed by atoms with Crippen LogP contribution in [0.4, 0.5) is 11.4 Å². The molecule has 6 heteroatoms. The van der Waals surface area contributed by atoms with Crippen LogP contribution in [0, 0.1) is 0 Å². The summed E-state index contributed by atoms with van der Waals surface area (Å²) in [6, 6.07) is 3.07. The summed E-state index contributed by atoms with van der Waals surface area (Å²) < 4.78 is 5.09. The van der Waals surface area contributed by atoms with Crippen LogP contribution >= 0.6 is 0 Å². The number of amides is 2. The van der Waals surface area contributed by atoms with E-state index in [0.29, 0.717) is 23.4 Å². The van der Waals surface area contributed by atoms with E-state index < -0.39 is 0 Å². The van der Waals surface area contributed by atoms with Gasteiger partial charge in [0.05, 0.1) is 18.5 Å². The summed E-state index contributed by atoms with van der Waals surface area (Å²) in [5.74, 6) is -0.0380. The predicted octanol–water partition coefficient (Wildman–Crippen LogP) is 1.81. The van der Waals surface area contributed by atoms with Crippen LogP contribution in [-0.4, -0.2) is 25.2 Å². The van der Waals surface area contributed by atoms with Crippen molar-refractivity contribution in [3.8, 4) is 5.75 Å². The zero-order chi connectivity index (χ0) is 14.4. The fraction of sp³-hybridized carbons (Fsp3) is 0.308. The first-order valence-corrected chi connectivity index (χ1v) is 5.76. The fourth-order valence-electron chi connectivity index (χ4n) is 1.65. The molecule has 1 rings (SSSR count). The minimum Gasteiger partial charge on any atom is -0.497 e. The standard InChI is InChI=1S/C13H16N2O4/c1-4-12(18)10-5-9(19-3)6-11(15-8(2)17)13(10)14-7-16/h5-7H,4H2,1-3H3,(H,14,16)(H,15,17). The Kier molecular flexibility index (Phi) is 5.05. The van der Waals surface area contributed by atoms with E-state index in [2.05, 4.69) is 10.6 Å². The molecule has 0 fully saturated rings. The number of benzene rings is 1. The van der Waals surface area contributed by atoms with E-state index in [1.165, 1.54) is 20.1 Å². The Morgan fingerprint density at radius 1 is 1.37 bits per heavy atom. The Bertz CT molecular complexity index is 512. The summed E-state index contributed by atoms with van der Waals surface area (Å²) in [6.45, 7) is 3.05. The number of nitrogens with one attached hydrogen (secondary N) is 2. The second kappa shape index (κ2) is 6.53. The molecule has 0 atom stereocenters. The molecular weight excluding hydrogens is 248 g/mol. The number of ketones is 1. The van der Waals surface area contributed by atoms with Crippen molar-refractivity contribution in [2.45, 2.75) is 20.3 Å². The third kappa shape index (κ3) is 3.54. The first-order chi connectivity index (χ1) is 9.03. The molecular formula is C13H16N2O4. The smallest absolute Gasteiger partial charge is 0.221 e. The first kappa shape index (κ1) is 14.7. The molecule has 0 saturated heterocycles. The van der Waals surface area contributed by atoms with E-state index in [1.807, 2.05) is 0 Å². The van der Waals surface area contributed by atoms with Crippen LogP contribution in [0.2, 0.25) is 0 Å². The van der Waals surface area contributed by atoms with Crippen LogP contribution in [0.3, 0.4) is 0 Å². The maximum absolute atomic E-state index is 11.9. The fourth-order valence-corrected chi connectivity index (χ4v) is 1.65. The van der Waals surface area contributed by atoms with E-state index in [4.69, 9.17) is 4.74 Å².